The summed E-state index contributed by atoms with van der Waals surface area (Å²) in [6.45, 7) is 8.14. The van der Waals surface area contributed by atoms with E-state index in [1.807, 2.05) is 27.7 Å². The molecule has 14 nitrogen and oxygen atoms in total. The number of nitrogens with zero attached hydrogens (tertiary/aromatic N) is 4. The molecule has 14 heteroatoms. The van der Waals surface area contributed by atoms with Gasteiger partial charge in [0.25, 0.3) is 0 Å². The van der Waals surface area contributed by atoms with Gasteiger partial charge >= 0.3 is 12.2 Å². The fraction of sp³-hybridized carbons (Fsp3) is 0.516. The predicted molar refractivity (Wildman–Crippen MR) is 295 cm³/mol. The van der Waals surface area contributed by atoms with E-state index in [0.717, 1.165) is 135 Å². The maximum absolute atomic E-state index is 14.7. The van der Waals surface area contributed by atoms with E-state index in [-0.39, 0.29) is 47.8 Å². The van der Waals surface area contributed by atoms with Crippen LogP contribution in [0.15, 0.2) is 72.8 Å². The van der Waals surface area contributed by atoms with Gasteiger partial charge in [-0.3, -0.25) is 9.59 Å². The number of hydrogen-bond acceptors (Lipinski definition) is 8. The summed E-state index contributed by atoms with van der Waals surface area (Å²) >= 11 is 0. The van der Waals surface area contributed by atoms with Crippen molar-refractivity contribution in [1.29, 1.82) is 0 Å². The van der Waals surface area contributed by atoms with E-state index < -0.39 is 24.3 Å². The van der Waals surface area contributed by atoms with Crippen molar-refractivity contribution in [3.05, 3.63) is 107 Å². The topological polar surface area (TPSA) is 175 Å². The number of alkyl carbamates (subject to hydrolysis) is 2. The quantitative estimate of drug-likeness (QED) is 0.0937. The lowest BCUT2D eigenvalue weighted by atomic mass is 9.84. The second-order valence-corrected chi connectivity index (χ2v) is 22.9. The number of aromatic amines is 2. The number of carbonyl (C=O) groups is 4. The summed E-state index contributed by atoms with van der Waals surface area (Å²) in [5.74, 6) is 2.19. The van der Waals surface area contributed by atoms with E-state index in [9.17, 15) is 19.2 Å². The number of imidazole rings is 2. The molecule has 2 aliphatic heterocycles. The van der Waals surface area contributed by atoms with E-state index in [4.69, 9.17) is 19.4 Å². The third-order valence-electron chi connectivity index (χ3n) is 18.5. The maximum Gasteiger partial charge on any atom is 0.407 e. The van der Waals surface area contributed by atoms with Gasteiger partial charge < -0.3 is 39.9 Å². The predicted octanol–water partition coefficient (Wildman–Crippen LogP) is 11.9. The molecule has 0 radical (unpaired) electrons. The van der Waals surface area contributed by atoms with E-state index in [2.05, 4.69) is 103 Å². The standard InChI is InChI=1S/C62H76N8O6/c1-7-35(3)55(67-61(73)75-5)59(71)69-51-15-11-9-13-43(51)33-53(69)57-63-47-27-25-41(31-49(47)65-57)45-29-37-17-21-39(45)23-19-38-18-22-40(24-20-37)46(30-38)42-26-28-48-50(32-42)66-58(64-48)54-34-44-14-10-12-16-52(44)70(54)60(72)56(36(4)8-2)68-62(74)76-6/h17-18,21-22,25-32,35-36,43-44,51-56H,7-16,19-20,23-24,33-34H2,1-6H3,(H,63,65)(H,64,66)(H,67,73)(H,68,74)/t35-,36-,43-,44-,51-,52-,53-,54-,55-,56-/m0/s1. The van der Waals surface area contributed by atoms with Crippen LogP contribution in [0.25, 0.3) is 44.3 Å². The number of likely N-dealkylation sites (tertiary alicyclic amines) is 2. The number of carbonyl (C=O) groups excluding carboxylic acids is 4. The second-order valence-electron chi connectivity index (χ2n) is 22.9. The number of H-pyrrole nitrogens is 2. The average Bonchev–Trinajstić information content (AvgIpc) is 4.26. The zero-order chi connectivity index (χ0) is 52.8. The molecule has 4 N–H and O–H groups in total. The number of ether oxygens (including phenoxy) is 2. The number of hydrogen-bond donors (Lipinski definition) is 4. The molecule has 2 saturated carbocycles. The molecule has 0 unspecified atom stereocenters. The van der Waals surface area contributed by atoms with Gasteiger partial charge in [0.1, 0.15) is 23.7 Å². The van der Waals surface area contributed by atoms with Crippen LogP contribution in [0.5, 0.6) is 0 Å². The summed E-state index contributed by atoms with van der Waals surface area (Å²) in [6.07, 6.45) is 14.1. The van der Waals surface area contributed by atoms with Gasteiger partial charge in [-0.1, -0.05) is 115 Å². The first-order chi connectivity index (χ1) is 36.9. The Balaban J connectivity index is 0.849. The minimum absolute atomic E-state index is 0.0491. The highest BCUT2D eigenvalue weighted by molar-refractivity contribution is 5.89. The SMILES string of the molecule is CC[C@H](C)[C@H](NC(=O)OC)C(=O)N1[C@H](c2nc3cc(-c4cc5ccc4CCc4ccc(c(-c6ccc7[nH]c([C@@H]8C[C@@H]9CCCC[C@@H]9N8C(=O)[C@@H](NC(=O)OC)[C@@H](C)CC)nc7c6)c4)CC5)ccc3[nH]2)C[C@@H]2CCCC[C@@H]21. The highest BCUT2D eigenvalue weighted by Gasteiger charge is 2.50. The Morgan fingerprint density at radius 2 is 1.00 bits per heavy atom. The zero-order valence-corrected chi connectivity index (χ0v) is 45.3. The Kier molecular flexibility index (Phi) is 14.7. The molecule has 4 aromatic carbocycles. The molecule has 4 amide bonds. The van der Waals surface area contributed by atoms with Gasteiger partial charge in [0.2, 0.25) is 11.8 Å². The van der Waals surface area contributed by atoms with Crippen LogP contribution in [0.4, 0.5) is 9.59 Å². The van der Waals surface area contributed by atoms with E-state index in [1.54, 1.807) is 0 Å². The minimum Gasteiger partial charge on any atom is -0.453 e. The molecule has 14 rings (SSSR count). The van der Waals surface area contributed by atoms with E-state index in [0.29, 0.717) is 11.8 Å². The van der Waals surface area contributed by atoms with E-state index >= 15 is 0 Å². The van der Waals surface area contributed by atoms with Crippen molar-refractivity contribution in [1.82, 2.24) is 40.4 Å². The van der Waals surface area contributed by atoms with Gasteiger partial charge in [-0.2, -0.15) is 0 Å². The molecule has 4 heterocycles. The largest absolute Gasteiger partial charge is 0.453 e. The van der Waals surface area contributed by atoms with Crippen LogP contribution in [0.3, 0.4) is 0 Å². The number of methoxy groups -OCH3 is 2. The monoisotopic (exact) mass is 1030 g/mol. The van der Waals surface area contributed by atoms with Crippen LogP contribution in [0, 0.1) is 23.7 Å². The molecule has 4 bridgehead atoms. The Morgan fingerprint density at radius 1 is 0.579 bits per heavy atom. The Hall–Kier alpha value is -6.70. The zero-order valence-electron chi connectivity index (χ0n) is 45.3. The van der Waals surface area contributed by atoms with Crippen molar-refractivity contribution in [3.63, 3.8) is 0 Å². The number of amides is 4. The highest BCUT2D eigenvalue weighted by Crippen LogP contribution is 2.48. The lowest BCUT2D eigenvalue weighted by Crippen LogP contribution is -2.54. The first-order valence-corrected chi connectivity index (χ1v) is 28.5. The first kappa shape index (κ1) is 51.4. The van der Waals surface area contributed by atoms with Crippen molar-refractivity contribution in [2.24, 2.45) is 23.7 Å². The van der Waals surface area contributed by atoms with Gasteiger partial charge in [-0.25, -0.2) is 19.6 Å². The van der Waals surface area contributed by atoms with Crippen molar-refractivity contribution in [2.75, 3.05) is 14.2 Å². The number of fused-ring (bicyclic) bond motifs is 4. The Labute approximate surface area is 446 Å². The highest BCUT2D eigenvalue weighted by atomic mass is 16.5. The molecule has 2 saturated heterocycles. The molecule has 10 atom stereocenters. The number of aryl methyl sites for hydroxylation is 4. The summed E-state index contributed by atoms with van der Waals surface area (Å²) in [7, 11) is 2.69. The molecule has 4 fully saturated rings. The van der Waals surface area contributed by atoms with Crippen LogP contribution in [0.2, 0.25) is 0 Å². The molecule has 6 aliphatic carbocycles. The number of rotatable bonds is 12. The summed E-state index contributed by atoms with van der Waals surface area (Å²) in [5, 5.41) is 5.78. The molecule has 400 valence electrons. The third kappa shape index (κ3) is 9.85. The van der Waals surface area contributed by atoms with Crippen molar-refractivity contribution >= 4 is 46.1 Å². The Bertz CT molecular complexity index is 2940. The summed E-state index contributed by atoms with van der Waals surface area (Å²) in [4.78, 5) is 76.4. The second kappa shape index (κ2) is 21.7. The van der Waals surface area contributed by atoms with Gasteiger partial charge in [0.05, 0.1) is 48.4 Å². The van der Waals surface area contributed by atoms with Crippen LogP contribution < -0.4 is 10.6 Å². The molecular formula is C62H76N8O6. The number of nitrogens with one attached hydrogen (secondary N) is 4. The first-order valence-electron chi connectivity index (χ1n) is 28.5. The molecule has 76 heavy (non-hydrogen) atoms. The lowest BCUT2D eigenvalue weighted by Gasteiger charge is -2.37. The van der Waals surface area contributed by atoms with Gasteiger partial charge in [-0.15, -0.1) is 0 Å². The minimum atomic E-state index is -0.681. The molecule has 2 aromatic heterocycles. The Morgan fingerprint density at radius 3 is 1.41 bits per heavy atom. The fourth-order valence-corrected chi connectivity index (χ4v) is 13.9. The maximum atomic E-state index is 14.7. The summed E-state index contributed by atoms with van der Waals surface area (Å²) in [6, 6.07) is 25.6. The average molecular weight is 1030 g/mol. The van der Waals surface area contributed by atoms with Gasteiger partial charge in [0.15, 0.2) is 0 Å². The van der Waals surface area contributed by atoms with Crippen molar-refractivity contribution in [3.8, 4) is 22.3 Å². The van der Waals surface area contributed by atoms with Gasteiger partial charge in [-0.05, 0) is 157 Å². The van der Waals surface area contributed by atoms with Crippen LogP contribution in [-0.2, 0) is 44.7 Å². The third-order valence-corrected chi connectivity index (χ3v) is 18.5. The molecular weight excluding hydrogens is 953 g/mol. The summed E-state index contributed by atoms with van der Waals surface area (Å²) < 4.78 is 9.96. The lowest BCUT2D eigenvalue weighted by molar-refractivity contribution is -0.139. The van der Waals surface area contributed by atoms with Crippen molar-refractivity contribution in [2.45, 2.75) is 167 Å². The smallest absolute Gasteiger partial charge is 0.407 e. The molecule has 0 spiro atoms. The normalized spacial score (nSPS) is 23.8. The van der Waals surface area contributed by atoms with Crippen LogP contribution in [0.1, 0.15) is 151 Å². The van der Waals surface area contributed by atoms with Gasteiger partial charge in [0, 0.05) is 12.1 Å². The molecule has 8 aliphatic rings. The van der Waals surface area contributed by atoms with Crippen LogP contribution in [-0.4, -0.2) is 92.1 Å². The summed E-state index contributed by atoms with van der Waals surface area (Å²) in [5.41, 5.74) is 13.5. The van der Waals surface area contributed by atoms with Crippen molar-refractivity contribution < 1.29 is 28.7 Å². The fourth-order valence-electron chi connectivity index (χ4n) is 13.9. The number of aromatic nitrogens is 4. The van der Waals surface area contributed by atoms with E-state index in [1.165, 1.54) is 60.4 Å². The van der Waals surface area contributed by atoms with Crippen LogP contribution >= 0.6 is 0 Å². The molecule has 6 aromatic rings. The number of benzene rings is 4.